The van der Waals surface area contributed by atoms with E-state index >= 15 is 0 Å². The second kappa shape index (κ2) is 10.00. The van der Waals surface area contributed by atoms with Gasteiger partial charge in [-0.15, -0.1) is 10.2 Å². The van der Waals surface area contributed by atoms with E-state index in [9.17, 15) is 10.2 Å². The van der Waals surface area contributed by atoms with Crippen LogP contribution in [-0.2, 0) is 26.3 Å². The highest BCUT2D eigenvalue weighted by Gasteiger charge is 2.11. The highest BCUT2D eigenvalue weighted by atomic mass is 16.3. The molecule has 6 aromatic rings. The molecule has 0 fully saturated rings. The summed E-state index contributed by atoms with van der Waals surface area (Å²) >= 11 is 0. The second-order valence-electron chi connectivity index (χ2n) is 9.93. The lowest BCUT2D eigenvalue weighted by molar-refractivity contribution is 0.281. The molecule has 8 nitrogen and oxygen atoms in total. The molecule has 2 heterocycles. The topological polar surface area (TPSA) is 102 Å². The van der Waals surface area contributed by atoms with Crippen LogP contribution in [0.15, 0.2) is 97.1 Å². The summed E-state index contributed by atoms with van der Waals surface area (Å²) in [6, 6.07) is 32.2. The fourth-order valence-corrected chi connectivity index (χ4v) is 5.38. The molecule has 0 spiro atoms. The Morgan fingerprint density at radius 2 is 0.800 bits per heavy atom. The van der Waals surface area contributed by atoms with E-state index in [-0.39, 0.29) is 13.2 Å². The second-order valence-corrected chi connectivity index (χ2v) is 9.93. The normalized spacial score (nSPS) is 15.2. The van der Waals surface area contributed by atoms with Gasteiger partial charge in [-0.1, -0.05) is 107 Å². The molecule has 0 bridgehead atoms. The van der Waals surface area contributed by atoms with Crippen LogP contribution in [0.4, 0.5) is 0 Å². The fourth-order valence-electron chi connectivity index (χ4n) is 5.38. The Morgan fingerprint density at radius 3 is 1.18 bits per heavy atom. The molecule has 0 aliphatic heterocycles. The molecule has 0 saturated carbocycles. The maximum Gasteiger partial charge on any atom is 0.121 e. The van der Waals surface area contributed by atoms with Crippen molar-refractivity contribution >= 4 is 0 Å². The van der Waals surface area contributed by atoms with Gasteiger partial charge in [0.15, 0.2) is 0 Å². The van der Waals surface area contributed by atoms with Crippen molar-refractivity contribution in [1.82, 2.24) is 30.0 Å². The van der Waals surface area contributed by atoms with Crippen molar-refractivity contribution in [3.63, 3.8) is 0 Å². The molecular weight excluding hydrogens is 500 g/mol. The zero-order valence-electron chi connectivity index (χ0n) is 21.6. The van der Waals surface area contributed by atoms with Crippen LogP contribution in [0.1, 0.15) is 22.3 Å². The standard InChI is InChI=1S/C32H26N6O2/c39-19-23-13-9-21(10-14-23)17-37-31-27-7-3-4-8-28(27)32-30(26-6-2-1-5-25(26)29(31)33-35-37)34-36-38(32)18-22-11-15-24(20-40)16-12-22/h1-16,39-40H,17-20H2/b29-25+,30-26+,31-27+,32-28+. The first kappa shape index (κ1) is 24.1. The smallest absolute Gasteiger partial charge is 0.121 e. The summed E-state index contributed by atoms with van der Waals surface area (Å²) in [5, 5.41) is 44.9. The van der Waals surface area contributed by atoms with Crippen LogP contribution in [-0.4, -0.2) is 40.2 Å². The molecule has 0 amide bonds. The third-order valence-electron chi connectivity index (χ3n) is 7.42. The van der Waals surface area contributed by atoms with E-state index in [1.54, 1.807) is 0 Å². The molecule has 0 saturated heterocycles. The first-order valence-electron chi connectivity index (χ1n) is 13.2. The number of hydrogen-bond acceptors (Lipinski definition) is 6. The van der Waals surface area contributed by atoms with Gasteiger partial charge in [0.05, 0.1) is 37.0 Å². The average Bonchev–Trinajstić information content (AvgIpc) is 3.61. The number of rotatable bonds is 6. The molecule has 8 heteroatoms. The van der Waals surface area contributed by atoms with Gasteiger partial charge in [0.25, 0.3) is 0 Å². The minimum absolute atomic E-state index is 0.0127. The quantitative estimate of drug-likeness (QED) is 0.344. The largest absolute Gasteiger partial charge is 0.392 e. The van der Waals surface area contributed by atoms with Gasteiger partial charge in [-0.3, -0.25) is 0 Å². The van der Waals surface area contributed by atoms with E-state index in [4.69, 9.17) is 0 Å². The van der Waals surface area contributed by atoms with Gasteiger partial charge < -0.3 is 10.2 Å². The van der Waals surface area contributed by atoms with E-state index < -0.39 is 0 Å². The van der Waals surface area contributed by atoms with Gasteiger partial charge in [0, 0.05) is 20.9 Å². The molecule has 40 heavy (non-hydrogen) atoms. The molecule has 0 unspecified atom stereocenters. The average molecular weight is 527 g/mol. The monoisotopic (exact) mass is 526 g/mol. The lowest BCUT2D eigenvalue weighted by atomic mass is 10.1. The predicted octanol–water partition coefficient (Wildman–Crippen LogP) is 3.41. The van der Waals surface area contributed by atoms with E-state index in [2.05, 4.69) is 44.9 Å². The SMILES string of the molecule is OCc1ccc(Cn2nnc3/c2=c2/cccc/c2=c2/c(nnn2Cc2ccc(CO)cc2)=c2/cccc/c2=3)cc1. The molecule has 1 aliphatic rings. The highest BCUT2D eigenvalue weighted by Crippen LogP contribution is 2.14. The Bertz CT molecular complexity index is 2080. The minimum atomic E-state index is 0.0127. The summed E-state index contributed by atoms with van der Waals surface area (Å²) in [5.74, 6) is 0. The van der Waals surface area contributed by atoms with Crippen molar-refractivity contribution in [1.29, 1.82) is 0 Å². The van der Waals surface area contributed by atoms with Crippen LogP contribution in [0.3, 0.4) is 0 Å². The van der Waals surface area contributed by atoms with Crippen LogP contribution in [0.25, 0.3) is 0 Å². The molecule has 0 radical (unpaired) electrons. The lowest BCUT2D eigenvalue weighted by Gasteiger charge is -2.05. The third kappa shape index (κ3) is 4.10. The molecule has 4 aromatic carbocycles. The molecule has 2 N–H and O–H groups in total. The van der Waals surface area contributed by atoms with Gasteiger partial charge in [-0.25, -0.2) is 9.36 Å². The van der Waals surface area contributed by atoms with E-state index in [1.165, 1.54) is 0 Å². The Morgan fingerprint density at radius 1 is 0.450 bits per heavy atom. The summed E-state index contributed by atoms with van der Waals surface area (Å²) in [7, 11) is 0. The summed E-state index contributed by atoms with van der Waals surface area (Å²) in [6.07, 6.45) is 0. The number of benzene rings is 4. The van der Waals surface area contributed by atoms with E-state index in [0.29, 0.717) is 13.1 Å². The van der Waals surface area contributed by atoms with Crippen molar-refractivity contribution in [2.45, 2.75) is 26.3 Å². The van der Waals surface area contributed by atoms with Crippen LogP contribution in [0.2, 0.25) is 0 Å². The number of nitrogens with zero attached hydrogens (tertiary/aromatic N) is 6. The first-order valence-corrected chi connectivity index (χ1v) is 13.2. The number of aliphatic hydroxyl groups is 2. The van der Waals surface area contributed by atoms with Crippen molar-refractivity contribution in [2.24, 2.45) is 0 Å². The maximum absolute atomic E-state index is 9.45. The summed E-state index contributed by atoms with van der Waals surface area (Å²) in [4.78, 5) is 0. The summed E-state index contributed by atoms with van der Waals surface area (Å²) in [5.41, 5.74) is 3.88. The lowest BCUT2D eigenvalue weighted by Crippen LogP contribution is -2.05. The molecule has 196 valence electrons. The Labute approximate surface area is 228 Å². The zero-order chi connectivity index (χ0) is 27.1. The van der Waals surface area contributed by atoms with Gasteiger partial charge in [-0.05, 0) is 22.3 Å². The van der Waals surface area contributed by atoms with E-state index in [0.717, 1.165) is 64.5 Å². The molecule has 7 rings (SSSR count). The van der Waals surface area contributed by atoms with E-state index in [1.807, 2.05) is 82.2 Å². The van der Waals surface area contributed by atoms with Gasteiger partial charge >= 0.3 is 0 Å². The molecular formula is C32H26N6O2. The molecule has 1 aliphatic carbocycles. The van der Waals surface area contributed by atoms with Crippen LogP contribution >= 0.6 is 0 Å². The number of aliphatic hydroxyl groups excluding tert-OH is 2. The maximum atomic E-state index is 9.45. The Kier molecular flexibility index (Phi) is 6.03. The van der Waals surface area contributed by atoms with Gasteiger partial charge in [-0.2, -0.15) is 0 Å². The zero-order valence-corrected chi connectivity index (χ0v) is 21.6. The van der Waals surface area contributed by atoms with Crippen LogP contribution in [0, 0.1) is 42.3 Å². The molecule has 0 atom stereocenters. The summed E-state index contributed by atoms with van der Waals surface area (Å²) < 4.78 is 3.90. The van der Waals surface area contributed by atoms with Crippen molar-refractivity contribution in [3.8, 4) is 0 Å². The van der Waals surface area contributed by atoms with Gasteiger partial charge in [0.1, 0.15) is 10.7 Å². The first-order chi connectivity index (χ1) is 19.7. The highest BCUT2D eigenvalue weighted by molar-refractivity contribution is 5.26. The van der Waals surface area contributed by atoms with Crippen molar-refractivity contribution in [3.05, 3.63) is 162 Å². The Balaban J connectivity index is 1.59. The Hall–Kier alpha value is -4.92. The number of fused-ring (bicyclic) bond motifs is 4. The van der Waals surface area contributed by atoms with Gasteiger partial charge in [0.2, 0.25) is 0 Å². The van der Waals surface area contributed by atoms with Crippen molar-refractivity contribution in [2.75, 3.05) is 0 Å². The third-order valence-corrected chi connectivity index (χ3v) is 7.42. The fraction of sp³-hybridized carbons (Fsp3) is 0.125. The van der Waals surface area contributed by atoms with Crippen LogP contribution < -0.4 is 0 Å². The van der Waals surface area contributed by atoms with Crippen LogP contribution in [0.5, 0.6) is 0 Å². The molecule has 2 aromatic heterocycles. The summed E-state index contributed by atoms with van der Waals surface area (Å²) in [6.45, 7) is 1.09. The predicted molar refractivity (Wildman–Crippen MR) is 147 cm³/mol. The van der Waals surface area contributed by atoms with Crippen molar-refractivity contribution < 1.29 is 10.2 Å². The number of hydrogen-bond donors (Lipinski definition) is 2. The minimum Gasteiger partial charge on any atom is -0.392 e. The number of aromatic nitrogens is 6.